The van der Waals surface area contributed by atoms with Crippen LogP contribution in [0.3, 0.4) is 0 Å². The molecule has 1 amide bonds. The van der Waals surface area contributed by atoms with E-state index in [1.807, 2.05) is 0 Å². The van der Waals surface area contributed by atoms with Crippen molar-refractivity contribution in [2.45, 2.75) is 38.6 Å². The van der Waals surface area contributed by atoms with Gasteiger partial charge in [-0.1, -0.05) is 30.1 Å². The number of halogens is 3. The number of benzene rings is 2. The molecule has 32 heavy (non-hydrogen) atoms. The van der Waals surface area contributed by atoms with E-state index < -0.39 is 5.82 Å². The lowest BCUT2D eigenvalue weighted by Gasteiger charge is -2.27. The highest BCUT2D eigenvalue weighted by molar-refractivity contribution is 6.35. The van der Waals surface area contributed by atoms with Crippen molar-refractivity contribution >= 4 is 51.8 Å². The molecule has 4 rings (SSSR count). The van der Waals surface area contributed by atoms with E-state index in [0.29, 0.717) is 34.2 Å². The van der Waals surface area contributed by atoms with Crippen LogP contribution in [0.2, 0.25) is 10.0 Å². The molecule has 3 aromatic rings. The van der Waals surface area contributed by atoms with Gasteiger partial charge in [0.2, 0.25) is 5.95 Å². The molecule has 1 saturated carbocycles. The number of amides is 1. The molecule has 0 saturated heterocycles. The standard InChI is InChI=1S/C23H25Cl2FN4O2/c1-12-4-6-13(7-5-12)27-22(31)14-10-17-18(11-19(14)32-3)30(2)23(28-17)29-21-16(25)9-8-15(24)20(21)26/h8-13H,4-7H2,1-3H3,(H,27,31)(H,28,29). The van der Waals surface area contributed by atoms with Crippen molar-refractivity contribution in [2.24, 2.45) is 13.0 Å². The van der Waals surface area contributed by atoms with Crippen molar-refractivity contribution in [3.8, 4) is 5.75 Å². The number of nitrogens with one attached hydrogen (secondary N) is 2. The Bertz CT molecular complexity index is 1170. The van der Waals surface area contributed by atoms with E-state index in [4.69, 9.17) is 27.9 Å². The molecule has 1 aromatic heterocycles. The molecule has 2 N–H and O–H groups in total. The summed E-state index contributed by atoms with van der Waals surface area (Å²) in [5.74, 6) is 0.647. The molecule has 1 fully saturated rings. The van der Waals surface area contributed by atoms with Crippen LogP contribution in [0.15, 0.2) is 24.3 Å². The molecular formula is C23H25Cl2FN4O2. The topological polar surface area (TPSA) is 68.2 Å². The Morgan fingerprint density at radius 2 is 1.88 bits per heavy atom. The molecule has 2 aromatic carbocycles. The summed E-state index contributed by atoms with van der Waals surface area (Å²) in [5, 5.41) is 6.17. The molecular weight excluding hydrogens is 454 g/mol. The number of rotatable bonds is 5. The number of carbonyl (C=O) groups is 1. The highest BCUT2D eigenvalue weighted by Gasteiger charge is 2.23. The quantitative estimate of drug-likeness (QED) is 0.436. The maximum Gasteiger partial charge on any atom is 0.255 e. The Labute approximate surface area is 196 Å². The molecule has 0 spiro atoms. The second-order valence-electron chi connectivity index (χ2n) is 8.31. The van der Waals surface area contributed by atoms with Crippen LogP contribution < -0.4 is 15.4 Å². The highest BCUT2D eigenvalue weighted by atomic mass is 35.5. The zero-order chi connectivity index (χ0) is 23.0. The third-order valence-electron chi connectivity index (χ3n) is 6.08. The van der Waals surface area contributed by atoms with Gasteiger partial charge in [-0.05, 0) is 49.8 Å². The number of fused-ring (bicyclic) bond motifs is 1. The molecule has 1 aliphatic carbocycles. The van der Waals surface area contributed by atoms with Crippen LogP contribution in [0.4, 0.5) is 16.0 Å². The van der Waals surface area contributed by atoms with E-state index in [-0.39, 0.29) is 27.7 Å². The predicted octanol–water partition coefficient (Wildman–Crippen LogP) is 6.08. The van der Waals surface area contributed by atoms with Gasteiger partial charge in [0.15, 0.2) is 5.82 Å². The van der Waals surface area contributed by atoms with Crippen molar-refractivity contribution in [3.05, 3.63) is 45.7 Å². The number of carbonyl (C=O) groups excluding carboxylic acids is 1. The van der Waals surface area contributed by atoms with Crippen LogP contribution in [-0.4, -0.2) is 28.6 Å². The number of imidazole rings is 1. The summed E-state index contributed by atoms with van der Waals surface area (Å²) in [6.45, 7) is 2.24. The fourth-order valence-electron chi connectivity index (χ4n) is 4.10. The zero-order valence-corrected chi connectivity index (χ0v) is 19.6. The summed E-state index contributed by atoms with van der Waals surface area (Å²) in [5.41, 5.74) is 1.73. The van der Waals surface area contributed by atoms with Gasteiger partial charge in [-0.3, -0.25) is 4.79 Å². The third-order valence-corrected chi connectivity index (χ3v) is 6.69. The number of hydrogen-bond donors (Lipinski definition) is 2. The van der Waals surface area contributed by atoms with Crippen molar-refractivity contribution in [1.82, 2.24) is 14.9 Å². The van der Waals surface area contributed by atoms with Crippen molar-refractivity contribution < 1.29 is 13.9 Å². The minimum absolute atomic E-state index is 0.0361. The Morgan fingerprint density at radius 1 is 1.19 bits per heavy atom. The number of hydrogen-bond acceptors (Lipinski definition) is 4. The number of ether oxygens (including phenoxy) is 1. The van der Waals surface area contributed by atoms with Gasteiger partial charge in [0.25, 0.3) is 5.91 Å². The molecule has 9 heteroatoms. The summed E-state index contributed by atoms with van der Waals surface area (Å²) in [7, 11) is 3.30. The Kier molecular flexibility index (Phi) is 6.49. The number of nitrogens with zero attached hydrogens (tertiary/aromatic N) is 2. The maximum absolute atomic E-state index is 14.5. The van der Waals surface area contributed by atoms with Gasteiger partial charge in [0.1, 0.15) is 5.75 Å². The first-order valence-corrected chi connectivity index (χ1v) is 11.3. The average Bonchev–Trinajstić information content (AvgIpc) is 3.09. The molecule has 0 atom stereocenters. The first kappa shape index (κ1) is 22.7. The Balaban J connectivity index is 1.66. The van der Waals surface area contributed by atoms with Gasteiger partial charge in [-0.2, -0.15) is 0 Å². The Morgan fingerprint density at radius 3 is 2.56 bits per heavy atom. The summed E-state index contributed by atoms with van der Waals surface area (Å²) in [4.78, 5) is 17.5. The largest absolute Gasteiger partial charge is 0.496 e. The van der Waals surface area contributed by atoms with E-state index in [9.17, 15) is 9.18 Å². The second-order valence-corrected chi connectivity index (χ2v) is 9.12. The fourth-order valence-corrected chi connectivity index (χ4v) is 4.45. The van der Waals surface area contributed by atoms with Gasteiger partial charge in [0, 0.05) is 19.2 Å². The van der Waals surface area contributed by atoms with Gasteiger partial charge < -0.3 is 19.9 Å². The summed E-state index contributed by atoms with van der Waals surface area (Å²) in [6, 6.07) is 6.50. The molecule has 0 unspecified atom stereocenters. The lowest BCUT2D eigenvalue weighted by atomic mass is 9.87. The van der Waals surface area contributed by atoms with E-state index in [0.717, 1.165) is 25.7 Å². The molecule has 0 bridgehead atoms. The lowest BCUT2D eigenvalue weighted by Crippen LogP contribution is -2.37. The third kappa shape index (κ3) is 4.36. The number of aromatic nitrogens is 2. The second kappa shape index (κ2) is 9.16. The Hall–Kier alpha value is -2.51. The normalized spacial score (nSPS) is 18.6. The monoisotopic (exact) mass is 478 g/mol. The highest BCUT2D eigenvalue weighted by Crippen LogP contribution is 2.34. The van der Waals surface area contributed by atoms with Crippen LogP contribution in [0.1, 0.15) is 43.0 Å². The van der Waals surface area contributed by atoms with Crippen LogP contribution in [0, 0.1) is 11.7 Å². The molecule has 1 heterocycles. The smallest absolute Gasteiger partial charge is 0.255 e. The number of anilines is 2. The van der Waals surface area contributed by atoms with Gasteiger partial charge >= 0.3 is 0 Å². The van der Waals surface area contributed by atoms with Crippen molar-refractivity contribution in [2.75, 3.05) is 12.4 Å². The van der Waals surface area contributed by atoms with Crippen molar-refractivity contribution in [3.63, 3.8) is 0 Å². The van der Waals surface area contributed by atoms with Crippen LogP contribution in [0.5, 0.6) is 5.75 Å². The lowest BCUT2D eigenvalue weighted by molar-refractivity contribution is 0.0920. The van der Waals surface area contributed by atoms with E-state index in [1.54, 1.807) is 23.7 Å². The minimum Gasteiger partial charge on any atom is -0.496 e. The number of aryl methyl sites for hydroxylation is 1. The van der Waals surface area contributed by atoms with Crippen LogP contribution in [0.25, 0.3) is 11.0 Å². The van der Waals surface area contributed by atoms with E-state index in [2.05, 4.69) is 22.5 Å². The van der Waals surface area contributed by atoms with Gasteiger partial charge in [-0.25, -0.2) is 9.37 Å². The first-order valence-electron chi connectivity index (χ1n) is 10.5. The SMILES string of the molecule is COc1cc2c(cc1C(=O)NC1CCC(C)CC1)nc(Nc1c(Cl)ccc(Cl)c1F)n2C. The maximum atomic E-state index is 14.5. The van der Waals surface area contributed by atoms with Gasteiger partial charge in [0.05, 0.1) is 39.4 Å². The van der Waals surface area contributed by atoms with E-state index >= 15 is 0 Å². The van der Waals surface area contributed by atoms with E-state index in [1.165, 1.54) is 19.2 Å². The predicted molar refractivity (Wildman–Crippen MR) is 126 cm³/mol. The fraction of sp³-hybridized carbons (Fsp3) is 0.391. The van der Waals surface area contributed by atoms with Gasteiger partial charge in [-0.15, -0.1) is 0 Å². The van der Waals surface area contributed by atoms with Crippen LogP contribution in [-0.2, 0) is 7.05 Å². The molecule has 1 aliphatic rings. The molecule has 170 valence electrons. The average molecular weight is 479 g/mol. The zero-order valence-electron chi connectivity index (χ0n) is 18.1. The number of methoxy groups -OCH3 is 1. The summed E-state index contributed by atoms with van der Waals surface area (Å²) in [6.07, 6.45) is 4.17. The van der Waals surface area contributed by atoms with Crippen LogP contribution >= 0.6 is 23.2 Å². The molecule has 6 nitrogen and oxygen atoms in total. The molecule has 0 aliphatic heterocycles. The minimum atomic E-state index is -0.661. The van der Waals surface area contributed by atoms with Crippen molar-refractivity contribution in [1.29, 1.82) is 0 Å². The summed E-state index contributed by atoms with van der Waals surface area (Å²) >= 11 is 12.0. The first-order chi connectivity index (χ1) is 15.3. The summed E-state index contributed by atoms with van der Waals surface area (Å²) < 4.78 is 21.7. The molecule has 0 radical (unpaired) electrons.